The number of carbonyl (C=O) groups excluding carboxylic acids is 2. The van der Waals surface area contributed by atoms with E-state index < -0.39 is 0 Å². The lowest BCUT2D eigenvalue weighted by atomic mass is 10.0. The number of hydrogen-bond acceptors (Lipinski definition) is 5. The van der Waals surface area contributed by atoms with Gasteiger partial charge in [0.15, 0.2) is 5.96 Å². The molecule has 3 rings (SSSR count). The summed E-state index contributed by atoms with van der Waals surface area (Å²) in [6, 6.07) is 6.93. The molecule has 0 fully saturated rings. The van der Waals surface area contributed by atoms with Crippen molar-refractivity contribution < 1.29 is 9.59 Å². The second-order valence-electron chi connectivity index (χ2n) is 6.04. The number of amides is 2. The Balaban J connectivity index is 1.81. The van der Waals surface area contributed by atoms with Crippen molar-refractivity contribution in [2.24, 2.45) is 17.8 Å². The highest BCUT2D eigenvalue weighted by Gasteiger charge is 2.25. The van der Waals surface area contributed by atoms with Gasteiger partial charge in [0.25, 0.3) is 5.91 Å². The highest BCUT2D eigenvalue weighted by atomic mass is 16.2. The fourth-order valence-electron chi connectivity index (χ4n) is 2.76. The molecule has 25 heavy (non-hydrogen) atoms. The minimum absolute atomic E-state index is 0.0853. The van der Waals surface area contributed by atoms with Crippen LogP contribution in [0.4, 0.5) is 5.69 Å². The van der Waals surface area contributed by atoms with Gasteiger partial charge >= 0.3 is 0 Å². The molecule has 1 aromatic carbocycles. The molecule has 2 amide bonds. The Morgan fingerprint density at radius 1 is 1.36 bits per heavy atom. The molecule has 1 unspecified atom stereocenters. The number of nitrogens with two attached hydrogens (primary N) is 1. The molecule has 1 aliphatic heterocycles. The van der Waals surface area contributed by atoms with Gasteiger partial charge < -0.3 is 11.1 Å². The van der Waals surface area contributed by atoms with Gasteiger partial charge in [-0.05, 0) is 24.6 Å². The topological polar surface area (TPSA) is 106 Å². The smallest absolute Gasteiger partial charge is 0.259 e. The minimum atomic E-state index is -0.347. The van der Waals surface area contributed by atoms with Crippen molar-refractivity contribution in [3.63, 3.8) is 0 Å². The molecular weight excluding hydrogens is 320 g/mol. The van der Waals surface area contributed by atoms with Crippen LogP contribution >= 0.6 is 0 Å². The number of aromatic nitrogens is 2. The molecule has 0 saturated carbocycles. The van der Waals surface area contributed by atoms with Crippen LogP contribution in [0.25, 0.3) is 0 Å². The quantitative estimate of drug-likeness (QED) is 0.875. The first-order valence-electron chi connectivity index (χ1n) is 7.86. The number of nitrogens with zero attached hydrogens (tertiary/aromatic N) is 4. The molecule has 0 bridgehead atoms. The summed E-state index contributed by atoms with van der Waals surface area (Å²) in [6.45, 7) is 1.78. The van der Waals surface area contributed by atoms with E-state index in [4.69, 9.17) is 5.73 Å². The lowest BCUT2D eigenvalue weighted by Gasteiger charge is -2.25. The predicted octanol–water partition coefficient (Wildman–Crippen LogP) is 1.20. The summed E-state index contributed by atoms with van der Waals surface area (Å²) in [4.78, 5) is 30.1. The van der Waals surface area contributed by atoms with Gasteiger partial charge in [0.2, 0.25) is 5.91 Å². The molecule has 130 valence electrons. The predicted molar refractivity (Wildman–Crippen MR) is 94.1 cm³/mol. The van der Waals surface area contributed by atoms with E-state index in [9.17, 15) is 9.59 Å². The normalized spacial score (nSPS) is 17.4. The van der Waals surface area contributed by atoms with Gasteiger partial charge in [-0.25, -0.2) is 4.99 Å². The molecule has 3 N–H and O–H groups in total. The summed E-state index contributed by atoms with van der Waals surface area (Å²) < 4.78 is 1.60. The van der Waals surface area contributed by atoms with Gasteiger partial charge in [-0.2, -0.15) is 5.10 Å². The summed E-state index contributed by atoms with van der Waals surface area (Å²) >= 11 is 0. The molecule has 2 heterocycles. The number of aryl methyl sites for hydroxylation is 2. The number of hydrogen-bond donors (Lipinski definition) is 2. The number of rotatable bonds is 3. The lowest BCUT2D eigenvalue weighted by molar-refractivity contribution is -0.127. The fourth-order valence-corrected chi connectivity index (χ4v) is 2.76. The van der Waals surface area contributed by atoms with Gasteiger partial charge in [-0.1, -0.05) is 12.1 Å². The van der Waals surface area contributed by atoms with Crippen molar-refractivity contribution in [3.8, 4) is 0 Å². The Labute approximate surface area is 145 Å². The molecule has 1 atom stereocenters. The van der Waals surface area contributed by atoms with Crippen LogP contribution in [0.2, 0.25) is 0 Å². The molecule has 2 aromatic rings. The Kier molecular flexibility index (Phi) is 4.26. The average Bonchev–Trinajstić information content (AvgIpc) is 2.91. The number of aliphatic imine (C=N–C) groups is 1. The van der Waals surface area contributed by atoms with Crippen molar-refractivity contribution in [2.75, 3.05) is 12.4 Å². The summed E-state index contributed by atoms with van der Waals surface area (Å²) in [5.74, 6) is -0.121. The van der Waals surface area contributed by atoms with Crippen LogP contribution < -0.4 is 11.1 Å². The SMILES string of the molecule is Cc1nn(C)cc1C(=O)Nc1cccc(C2CC(=O)N(C)C(N)=N2)c1. The van der Waals surface area contributed by atoms with E-state index in [2.05, 4.69) is 15.4 Å². The zero-order chi connectivity index (χ0) is 18.1. The maximum absolute atomic E-state index is 12.4. The first-order chi connectivity index (χ1) is 11.8. The van der Waals surface area contributed by atoms with Crippen LogP contribution in [0.1, 0.15) is 34.1 Å². The van der Waals surface area contributed by atoms with E-state index in [0.717, 1.165) is 5.56 Å². The second-order valence-corrected chi connectivity index (χ2v) is 6.04. The number of benzene rings is 1. The fraction of sp³-hybridized carbons (Fsp3) is 0.294. The summed E-state index contributed by atoms with van der Waals surface area (Å²) in [7, 11) is 3.37. The van der Waals surface area contributed by atoms with E-state index >= 15 is 0 Å². The van der Waals surface area contributed by atoms with Crippen LogP contribution in [0.3, 0.4) is 0 Å². The van der Waals surface area contributed by atoms with Crippen molar-refractivity contribution in [2.45, 2.75) is 19.4 Å². The monoisotopic (exact) mass is 340 g/mol. The molecule has 0 spiro atoms. The standard InChI is InChI=1S/C17H20N6O2/c1-10-13(9-22(2)21-10)16(25)19-12-6-4-5-11(7-12)14-8-15(24)23(3)17(18)20-14/h4-7,9,14H,8H2,1-3H3,(H2,18,20)(H,19,25). The van der Waals surface area contributed by atoms with Crippen LogP contribution in [-0.4, -0.2) is 39.5 Å². The Morgan fingerprint density at radius 2 is 2.12 bits per heavy atom. The van der Waals surface area contributed by atoms with Crippen LogP contribution in [0, 0.1) is 6.92 Å². The minimum Gasteiger partial charge on any atom is -0.369 e. The Morgan fingerprint density at radius 3 is 2.76 bits per heavy atom. The molecule has 1 aliphatic rings. The third-order valence-corrected chi connectivity index (χ3v) is 4.16. The molecular formula is C17H20N6O2. The third-order valence-electron chi connectivity index (χ3n) is 4.16. The van der Waals surface area contributed by atoms with E-state index in [-0.39, 0.29) is 30.2 Å². The molecule has 0 radical (unpaired) electrons. The highest BCUT2D eigenvalue weighted by molar-refractivity contribution is 6.05. The van der Waals surface area contributed by atoms with Crippen LogP contribution in [0.5, 0.6) is 0 Å². The first-order valence-corrected chi connectivity index (χ1v) is 7.86. The highest BCUT2D eigenvalue weighted by Crippen LogP contribution is 2.27. The van der Waals surface area contributed by atoms with E-state index in [0.29, 0.717) is 16.9 Å². The average molecular weight is 340 g/mol. The molecule has 0 saturated heterocycles. The second kappa shape index (κ2) is 6.39. The van der Waals surface area contributed by atoms with Crippen molar-refractivity contribution in [1.82, 2.24) is 14.7 Å². The molecule has 1 aromatic heterocycles. The van der Waals surface area contributed by atoms with Gasteiger partial charge in [0.1, 0.15) is 0 Å². The zero-order valence-electron chi connectivity index (χ0n) is 14.4. The number of nitrogens with one attached hydrogen (secondary N) is 1. The summed E-state index contributed by atoms with van der Waals surface area (Å²) in [5, 5.41) is 7.03. The largest absolute Gasteiger partial charge is 0.369 e. The van der Waals surface area contributed by atoms with E-state index in [1.165, 1.54) is 4.90 Å². The summed E-state index contributed by atoms with van der Waals surface area (Å²) in [5.41, 5.74) is 8.42. The van der Waals surface area contributed by atoms with Crippen molar-refractivity contribution in [3.05, 3.63) is 47.3 Å². The van der Waals surface area contributed by atoms with Crippen LogP contribution in [-0.2, 0) is 11.8 Å². The van der Waals surface area contributed by atoms with Gasteiger partial charge in [-0.3, -0.25) is 19.2 Å². The van der Waals surface area contributed by atoms with Gasteiger partial charge in [0, 0.05) is 26.0 Å². The number of carbonyl (C=O) groups is 2. The lowest BCUT2D eigenvalue weighted by Crippen LogP contribution is -2.42. The Bertz CT molecular complexity index is 870. The third kappa shape index (κ3) is 3.37. The first kappa shape index (κ1) is 16.7. The van der Waals surface area contributed by atoms with Gasteiger partial charge in [0.05, 0.1) is 23.7 Å². The summed E-state index contributed by atoms with van der Waals surface area (Å²) in [6.07, 6.45) is 1.92. The van der Waals surface area contributed by atoms with Crippen molar-refractivity contribution >= 4 is 23.5 Å². The Hall–Kier alpha value is -3.16. The number of guanidine groups is 1. The molecule has 8 heteroatoms. The van der Waals surface area contributed by atoms with Gasteiger partial charge in [-0.15, -0.1) is 0 Å². The van der Waals surface area contributed by atoms with Crippen molar-refractivity contribution in [1.29, 1.82) is 0 Å². The van der Waals surface area contributed by atoms with E-state index in [1.807, 2.05) is 18.2 Å². The maximum atomic E-state index is 12.4. The zero-order valence-corrected chi connectivity index (χ0v) is 14.4. The number of anilines is 1. The van der Waals surface area contributed by atoms with Crippen LogP contribution in [0.15, 0.2) is 35.5 Å². The molecule has 8 nitrogen and oxygen atoms in total. The maximum Gasteiger partial charge on any atom is 0.259 e. The van der Waals surface area contributed by atoms with E-state index in [1.54, 1.807) is 38.0 Å². The molecule has 0 aliphatic carbocycles.